The molecule has 0 aliphatic rings. The Labute approximate surface area is 169 Å². The molecule has 0 fully saturated rings. The van der Waals surface area contributed by atoms with E-state index in [2.05, 4.69) is 20.8 Å². The number of halogens is 3. The molecule has 1 aromatic carbocycles. The number of nitrogens with zero attached hydrogens (tertiary/aromatic N) is 2. The van der Waals surface area contributed by atoms with Crippen LogP contribution in [0.5, 0.6) is 0 Å². The van der Waals surface area contributed by atoms with Crippen LogP contribution < -0.4 is 10.6 Å². The Morgan fingerprint density at radius 2 is 1.81 bits per heavy atom. The van der Waals surface area contributed by atoms with Crippen LogP contribution in [0.1, 0.15) is 36.4 Å². The Balaban J connectivity index is 0.00000338. The van der Waals surface area contributed by atoms with E-state index in [1.165, 1.54) is 18.2 Å². The summed E-state index contributed by atoms with van der Waals surface area (Å²) in [5.41, 5.74) is 2.03. The highest BCUT2D eigenvalue weighted by Gasteiger charge is 2.14. The molecule has 0 saturated heterocycles. The second-order valence-electron chi connectivity index (χ2n) is 5.54. The van der Waals surface area contributed by atoms with Crippen molar-refractivity contribution in [3.63, 3.8) is 0 Å². The van der Waals surface area contributed by atoms with Gasteiger partial charge in [0.25, 0.3) is 0 Å². The summed E-state index contributed by atoms with van der Waals surface area (Å²) in [6, 6.07) is 3.88. The van der Waals surface area contributed by atoms with E-state index in [4.69, 9.17) is 4.52 Å². The van der Waals surface area contributed by atoms with E-state index in [1.54, 1.807) is 7.05 Å². The molecule has 2 aromatic rings. The Morgan fingerprint density at radius 3 is 2.38 bits per heavy atom. The van der Waals surface area contributed by atoms with Crippen molar-refractivity contribution in [2.75, 3.05) is 13.6 Å². The molecule has 1 heterocycles. The summed E-state index contributed by atoms with van der Waals surface area (Å²) >= 11 is 0. The van der Waals surface area contributed by atoms with Gasteiger partial charge in [-0.05, 0) is 25.0 Å². The quantitative estimate of drug-likeness (QED) is 0.363. The minimum atomic E-state index is -0.533. The lowest BCUT2D eigenvalue weighted by molar-refractivity contribution is 0.380. The third-order valence-corrected chi connectivity index (χ3v) is 3.99. The molecule has 2 N–H and O–H groups in total. The van der Waals surface area contributed by atoms with Crippen molar-refractivity contribution in [3.8, 4) is 0 Å². The predicted molar refractivity (Wildman–Crippen MR) is 109 cm³/mol. The van der Waals surface area contributed by atoms with E-state index in [-0.39, 0.29) is 36.0 Å². The Kier molecular flexibility index (Phi) is 9.53. The van der Waals surface area contributed by atoms with Crippen LogP contribution in [-0.2, 0) is 25.8 Å². The fourth-order valence-corrected chi connectivity index (χ4v) is 2.61. The number of guanidine groups is 1. The zero-order chi connectivity index (χ0) is 18.2. The van der Waals surface area contributed by atoms with Crippen LogP contribution in [0.25, 0.3) is 0 Å². The SMILES string of the molecule is CCc1noc(CC)c1CNC(=NC)NCCc1c(F)cccc1F.I. The number of benzene rings is 1. The fourth-order valence-electron chi connectivity index (χ4n) is 2.61. The van der Waals surface area contributed by atoms with Crippen LogP contribution >= 0.6 is 24.0 Å². The zero-order valence-corrected chi connectivity index (χ0v) is 17.6. The summed E-state index contributed by atoms with van der Waals surface area (Å²) < 4.78 is 32.6. The van der Waals surface area contributed by atoms with Crippen molar-refractivity contribution in [2.24, 2.45) is 4.99 Å². The highest BCUT2D eigenvalue weighted by Crippen LogP contribution is 2.15. The van der Waals surface area contributed by atoms with Gasteiger partial charge in [-0.2, -0.15) is 0 Å². The fraction of sp³-hybridized carbons (Fsp3) is 0.444. The molecule has 26 heavy (non-hydrogen) atoms. The van der Waals surface area contributed by atoms with Gasteiger partial charge in [-0.1, -0.05) is 25.1 Å². The molecule has 0 amide bonds. The second kappa shape index (κ2) is 11.1. The van der Waals surface area contributed by atoms with E-state index in [1.807, 2.05) is 13.8 Å². The van der Waals surface area contributed by atoms with Gasteiger partial charge < -0.3 is 15.2 Å². The summed E-state index contributed by atoms with van der Waals surface area (Å²) in [5.74, 6) is 0.346. The van der Waals surface area contributed by atoms with Crippen molar-refractivity contribution >= 4 is 29.9 Å². The lowest BCUT2D eigenvalue weighted by atomic mass is 10.1. The van der Waals surface area contributed by atoms with Crippen molar-refractivity contribution in [1.82, 2.24) is 15.8 Å². The summed E-state index contributed by atoms with van der Waals surface area (Å²) in [6.45, 7) is 4.93. The van der Waals surface area contributed by atoms with E-state index >= 15 is 0 Å². The molecule has 0 unspecified atom stereocenters. The number of nitrogens with one attached hydrogen (secondary N) is 2. The maximum absolute atomic E-state index is 13.6. The van der Waals surface area contributed by atoms with Crippen LogP contribution in [0.15, 0.2) is 27.7 Å². The summed E-state index contributed by atoms with van der Waals surface area (Å²) in [6.07, 6.45) is 1.79. The molecular formula is C18H25F2IN4O. The zero-order valence-electron chi connectivity index (χ0n) is 15.2. The third kappa shape index (κ3) is 5.65. The molecule has 1 aromatic heterocycles. The normalized spacial score (nSPS) is 11.2. The number of aliphatic imine (C=N–C) groups is 1. The van der Waals surface area contributed by atoms with Crippen molar-refractivity contribution < 1.29 is 13.3 Å². The average Bonchev–Trinajstić information content (AvgIpc) is 3.02. The van der Waals surface area contributed by atoms with E-state index in [9.17, 15) is 8.78 Å². The Bertz CT molecular complexity index is 692. The van der Waals surface area contributed by atoms with E-state index < -0.39 is 11.6 Å². The minimum Gasteiger partial charge on any atom is -0.361 e. The number of hydrogen-bond donors (Lipinski definition) is 2. The van der Waals surface area contributed by atoms with Gasteiger partial charge in [-0.15, -0.1) is 24.0 Å². The molecule has 0 atom stereocenters. The van der Waals surface area contributed by atoms with Gasteiger partial charge >= 0.3 is 0 Å². The van der Waals surface area contributed by atoms with Crippen molar-refractivity contribution in [3.05, 3.63) is 52.4 Å². The standard InChI is InChI=1S/C18H24F2N4O.HI/c1-4-16-13(17(5-2)25-24-16)11-23-18(21-3)22-10-9-12-14(19)7-6-8-15(12)20;/h6-8H,4-5,9-11H2,1-3H3,(H2,21,22,23);1H. The molecule has 2 rings (SSSR count). The van der Waals surface area contributed by atoms with Crippen LogP contribution in [0.4, 0.5) is 8.78 Å². The van der Waals surface area contributed by atoms with Crippen molar-refractivity contribution in [2.45, 2.75) is 39.7 Å². The van der Waals surface area contributed by atoms with Crippen LogP contribution in [0.3, 0.4) is 0 Å². The first kappa shape index (κ1) is 22.3. The minimum absolute atomic E-state index is 0. The Morgan fingerprint density at radius 1 is 1.12 bits per heavy atom. The van der Waals surface area contributed by atoms with Crippen LogP contribution in [-0.4, -0.2) is 24.7 Å². The van der Waals surface area contributed by atoms with Crippen LogP contribution in [0.2, 0.25) is 0 Å². The van der Waals surface area contributed by atoms with Crippen LogP contribution in [0, 0.1) is 11.6 Å². The highest BCUT2D eigenvalue weighted by atomic mass is 127. The van der Waals surface area contributed by atoms with Gasteiger partial charge in [-0.3, -0.25) is 4.99 Å². The first-order valence-electron chi connectivity index (χ1n) is 8.44. The van der Waals surface area contributed by atoms with Gasteiger partial charge in [0, 0.05) is 37.7 Å². The molecular weight excluding hydrogens is 453 g/mol. The Hall–Kier alpha value is -1.71. The molecule has 8 heteroatoms. The average molecular weight is 478 g/mol. The number of aryl methyl sites for hydroxylation is 2. The number of hydrogen-bond acceptors (Lipinski definition) is 3. The largest absolute Gasteiger partial charge is 0.361 e. The molecule has 0 aliphatic heterocycles. The monoisotopic (exact) mass is 478 g/mol. The molecule has 0 aliphatic carbocycles. The molecule has 0 bridgehead atoms. The van der Waals surface area contributed by atoms with Gasteiger partial charge in [0.05, 0.1) is 5.69 Å². The van der Waals surface area contributed by atoms with Gasteiger partial charge in [0.15, 0.2) is 5.96 Å². The van der Waals surface area contributed by atoms with Gasteiger partial charge in [0.2, 0.25) is 0 Å². The number of rotatable bonds is 7. The first-order chi connectivity index (χ1) is 12.1. The third-order valence-electron chi connectivity index (χ3n) is 3.99. The first-order valence-corrected chi connectivity index (χ1v) is 8.44. The molecule has 5 nitrogen and oxygen atoms in total. The van der Waals surface area contributed by atoms with E-state index in [0.29, 0.717) is 19.0 Å². The van der Waals surface area contributed by atoms with Gasteiger partial charge in [-0.25, -0.2) is 8.78 Å². The smallest absolute Gasteiger partial charge is 0.191 e. The molecule has 144 valence electrons. The summed E-state index contributed by atoms with van der Waals surface area (Å²) in [4.78, 5) is 4.13. The molecule has 0 radical (unpaired) electrons. The lowest BCUT2D eigenvalue weighted by Crippen LogP contribution is -2.38. The van der Waals surface area contributed by atoms with E-state index in [0.717, 1.165) is 29.9 Å². The predicted octanol–water partition coefficient (Wildman–Crippen LogP) is 3.60. The molecule has 0 saturated carbocycles. The summed E-state index contributed by atoms with van der Waals surface area (Å²) in [7, 11) is 1.65. The summed E-state index contributed by atoms with van der Waals surface area (Å²) in [5, 5.41) is 10.3. The lowest BCUT2D eigenvalue weighted by Gasteiger charge is -2.12. The molecule has 0 spiro atoms. The van der Waals surface area contributed by atoms with Crippen molar-refractivity contribution in [1.29, 1.82) is 0 Å². The highest BCUT2D eigenvalue weighted by molar-refractivity contribution is 14.0. The number of aromatic nitrogens is 1. The maximum Gasteiger partial charge on any atom is 0.191 e. The van der Waals surface area contributed by atoms with Gasteiger partial charge in [0.1, 0.15) is 17.4 Å². The topological polar surface area (TPSA) is 62.5 Å². The maximum atomic E-state index is 13.6. The second-order valence-corrected chi connectivity index (χ2v) is 5.54.